The molecule has 268 valence electrons. The Balaban J connectivity index is 1.29. The SMILES string of the molecule is CC(C)[C@@H](C)[C@@]1(C)CC[C@]2(C)[C@H]3CC[C@@H]4C5(COC[C@]4(C)[C@@H](OC[C@H](C4CC4)N(C)C)[C@H](n4nnc(N)n4)C5)C3=CC[C@@]2(C)[C@@H]1C(=O)O. The predicted molar refractivity (Wildman–Crippen MR) is 185 cm³/mol. The Morgan fingerprint density at radius 3 is 2.44 bits per heavy atom. The maximum atomic E-state index is 13.4. The molecule has 6 aliphatic rings. The molecule has 2 heterocycles. The van der Waals surface area contributed by atoms with Crippen LogP contribution in [0.25, 0.3) is 0 Å². The van der Waals surface area contributed by atoms with Gasteiger partial charge in [0.25, 0.3) is 5.95 Å². The maximum absolute atomic E-state index is 13.4. The summed E-state index contributed by atoms with van der Waals surface area (Å²) in [6.07, 6.45) is 10.6. The zero-order chi connectivity index (χ0) is 34.6. The first kappa shape index (κ1) is 34.4. The van der Waals surface area contributed by atoms with Crippen molar-refractivity contribution in [1.29, 1.82) is 0 Å². The molecule has 1 aromatic rings. The van der Waals surface area contributed by atoms with Crippen molar-refractivity contribution in [2.24, 2.45) is 62.6 Å². The van der Waals surface area contributed by atoms with Crippen LogP contribution in [0.2, 0.25) is 0 Å². The standard InChI is InChI=1S/C38H62N6O4/c1-22(2)23(3)34(4)16-17-36(6)25-12-13-29-35(5)20-47-21-38(29,26(25)14-15-37(36,7)30(34)32(45)46)18-27(44-41-33(39)40-42-44)31(35)48-19-28(43(8)9)24-10-11-24/h14,22-25,27-31H,10-13,15-21H2,1-9H3,(H2,39,41)(H,45,46)/t23-,25+,27-,28-,29+,30-,31+,34-,35+,36-,37+,38?/m1/s1. The number of likely N-dealkylation sites (N-methyl/N-ethyl adjacent to an activating group) is 1. The third kappa shape index (κ3) is 4.73. The lowest BCUT2D eigenvalue weighted by Crippen LogP contribution is -2.69. The number of nitrogens with zero attached hydrogens (tertiary/aromatic N) is 5. The van der Waals surface area contributed by atoms with Gasteiger partial charge in [0, 0.05) is 16.9 Å². The van der Waals surface area contributed by atoms with Crippen molar-refractivity contribution in [3.63, 3.8) is 0 Å². The van der Waals surface area contributed by atoms with Gasteiger partial charge in [0.05, 0.1) is 31.8 Å². The molecule has 12 atom stereocenters. The van der Waals surface area contributed by atoms with Crippen molar-refractivity contribution in [2.75, 3.05) is 39.6 Å². The minimum Gasteiger partial charge on any atom is -0.481 e. The fraction of sp³-hybridized carbons (Fsp3) is 0.895. The van der Waals surface area contributed by atoms with Crippen molar-refractivity contribution >= 4 is 11.9 Å². The highest BCUT2D eigenvalue weighted by Crippen LogP contribution is 2.75. The Kier molecular flexibility index (Phi) is 8.24. The second kappa shape index (κ2) is 11.5. The number of carbonyl (C=O) groups is 1. The van der Waals surface area contributed by atoms with Gasteiger partial charge in [0.15, 0.2) is 0 Å². The normalized spacial score (nSPS) is 45.1. The van der Waals surface area contributed by atoms with E-state index in [-0.39, 0.29) is 45.2 Å². The van der Waals surface area contributed by atoms with E-state index in [2.05, 4.69) is 88.9 Å². The number of aromatic nitrogens is 4. The predicted octanol–water partition coefficient (Wildman–Crippen LogP) is 6.11. The van der Waals surface area contributed by atoms with Crippen LogP contribution in [0.1, 0.15) is 106 Å². The van der Waals surface area contributed by atoms with Crippen molar-refractivity contribution in [2.45, 2.75) is 118 Å². The Labute approximate surface area is 287 Å². The monoisotopic (exact) mass is 666 g/mol. The number of nitrogen functional groups attached to an aromatic ring is 1. The number of allylic oxidation sites excluding steroid dienone is 1. The third-order valence-corrected chi connectivity index (χ3v) is 16.1. The summed E-state index contributed by atoms with van der Waals surface area (Å²) in [5.74, 6) is 1.29. The molecule has 5 aliphatic carbocycles. The zero-order valence-corrected chi connectivity index (χ0v) is 31.0. The van der Waals surface area contributed by atoms with E-state index in [1.807, 2.05) is 0 Å². The van der Waals surface area contributed by atoms with E-state index in [4.69, 9.17) is 15.2 Å². The first-order chi connectivity index (χ1) is 22.5. The van der Waals surface area contributed by atoms with Crippen LogP contribution in [-0.2, 0) is 14.3 Å². The van der Waals surface area contributed by atoms with Gasteiger partial charge < -0.3 is 25.2 Å². The molecule has 7 rings (SSSR count). The van der Waals surface area contributed by atoms with Crippen LogP contribution in [0.5, 0.6) is 0 Å². The molecule has 2 bridgehead atoms. The van der Waals surface area contributed by atoms with Crippen LogP contribution in [0.3, 0.4) is 0 Å². The number of hydrogen-bond donors (Lipinski definition) is 2. The number of rotatable bonds is 9. The number of ether oxygens (including phenoxy) is 2. The molecule has 48 heavy (non-hydrogen) atoms. The Morgan fingerprint density at radius 1 is 1.10 bits per heavy atom. The summed E-state index contributed by atoms with van der Waals surface area (Å²) in [4.78, 5) is 17.5. The Morgan fingerprint density at radius 2 is 1.83 bits per heavy atom. The van der Waals surface area contributed by atoms with E-state index in [0.717, 1.165) is 38.5 Å². The van der Waals surface area contributed by atoms with E-state index >= 15 is 0 Å². The van der Waals surface area contributed by atoms with Gasteiger partial charge in [-0.2, -0.15) is 4.80 Å². The minimum atomic E-state index is -0.620. The molecular weight excluding hydrogens is 604 g/mol. The second-order valence-electron chi connectivity index (χ2n) is 18.7. The van der Waals surface area contributed by atoms with Crippen LogP contribution < -0.4 is 5.73 Å². The van der Waals surface area contributed by atoms with Gasteiger partial charge in [0.2, 0.25) is 0 Å². The summed E-state index contributed by atoms with van der Waals surface area (Å²) in [7, 11) is 4.33. The van der Waals surface area contributed by atoms with Gasteiger partial charge >= 0.3 is 5.97 Å². The molecule has 1 saturated heterocycles. The number of fused-ring (bicyclic) bond motifs is 3. The van der Waals surface area contributed by atoms with Crippen molar-refractivity contribution in [3.8, 4) is 0 Å². The molecular formula is C38H62N6O4. The molecule has 1 aromatic heterocycles. The summed E-state index contributed by atoms with van der Waals surface area (Å²) in [5, 5.41) is 24.3. The van der Waals surface area contributed by atoms with Crippen molar-refractivity contribution < 1.29 is 19.4 Å². The van der Waals surface area contributed by atoms with Gasteiger partial charge in [-0.15, -0.1) is 5.10 Å². The number of tetrazole rings is 1. The van der Waals surface area contributed by atoms with Crippen molar-refractivity contribution in [1.82, 2.24) is 25.1 Å². The van der Waals surface area contributed by atoms with E-state index in [1.54, 1.807) is 4.80 Å². The number of hydrogen-bond acceptors (Lipinski definition) is 8. The average molecular weight is 667 g/mol. The third-order valence-electron chi connectivity index (χ3n) is 16.1. The fourth-order valence-corrected chi connectivity index (χ4v) is 12.9. The molecule has 3 N–H and O–H groups in total. The number of carboxylic acid groups (broad SMARTS) is 1. The number of carboxylic acids is 1. The largest absolute Gasteiger partial charge is 0.481 e. The lowest BCUT2D eigenvalue weighted by atomic mass is 9.34. The van der Waals surface area contributed by atoms with Gasteiger partial charge in [-0.05, 0) is 117 Å². The molecule has 1 unspecified atom stereocenters. The molecule has 1 aliphatic heterocycles. The molecule has 5 fully saturated rings. The van der Waals surface area contributed by atoms with Gasteiger partial charge in [0.1, 0.15) is 6.04 Å². The molecule has 10 heteroatoms. The van der Waals surface area contributed by atoms with Crippen LogP contribution >= 0.6 is 0 Å². The number of aliphatic carboxylic acids is 1. The highest BCUT2D eigenvalue weighted by atomic mass is 16.5. The van der Waals surface area contributed by atoms with Gasteiger partial charge in [-0.1, -0.05) is 65.2 Å². The van der Waals surface area contributed by atoms with Gasteiger partial charge in [-0.25, -0.2) is 0 Å². The molecule has 0 radical (unpaired) electrons. The second-order valence-corrected chi connectivity index (χ2v) is 18.7. The van der Waals surface area contributed by atoms with Crippen LogP contribution in [0.4, 0.5) is 5.95 Å². The average Bonchev–Trinajstić information content (AvgIpc) is 3.76. The smallest absolute Gasteiger partial charge is 0.307 e. The number of nitrogens with two attached hydrogens (primary N) is 1. The van der Waals surface area contributed by atoms with Crippen molar-refractivity contribution in [3.05, 3.63) is 11.6 Å². The minimum absolute atomic E-state index is 0.129. The van der Waals surface area contributed by atoms with E-state index in [1.165, 1.54) is 18.4 Å². The van der Waals surface area contributed by atoms with E-state index < -0.39 is 11.9 Å². The number of anilines is 1. The summed E-state index contributed by atoms with van der Waals surface area (Å²) in [6.45, 7) is 18.2. The lowest BCUT2D eigenvalue weighted by molar-refractivity contribution is -0.253. The molecule has 10 nitrogen and oxygen atoms in total. The van der Waals surface area contributed by atoms with Gasteiger partial charge in [-0.3, -0.25) is 4.79 Å². The lowest BCUT2D eigenvalue weighted by Gasteiger charge is -2.71. The quantitative estimate of drug-likeness (QED) is 0.300. The summed E-state index contributed by atoms with van der Waals surface area (Å²) < 4.78 is 13.8. The zero-order valence-electron chi connectivity index (χ0n) is 31.0. The van der Waals surface area contributed by atoms with Crippen LogP contribution in [0.15, 0.2) is 11.6 Å². The fourth-order valence-electron chi connectivity index (χ4n) is 12.9. The van der Waals surface area contributed by atoms with E-state index in [0.29, 0.717) is 55.5 Å². The molecule has 0 spiro atoms. The Bertz CT molecular complexity index is 1440. The summed E-state index contributed by atoms with van der Waals surface area (Å²) in [5.41, 5.74) is 6.41. The molecule has 0 amide bonds. The highest BCUT2D eigenvalue weighted by Gasteiger charge is 2.72. The first-order valence-corrected chi connectivity index (χ1v) is 18.9. The van der Waals surface area contributed by atoms with Crippen LogP contribution in [0, 0.1) is 62.6 Å². The topological polar surface area (TPSA) is 129 Å². The molecule has 4 saturated carbocycles. The maximum Gasteiger partial charge on any atom is 0.307 e. The van der Waals surface area contributed by atoms with E-state index in [9.17, 15) is 9.90 Å². The summed E-state index contributed by atoms with van der Waals surface area (Å²) in [6, 6.07) is 0.252. The molecule has 0 aromatic carbocycles. The Hall–Kier alpha value is -2.04. The first-order valence-electron chi connectivity index (χ1n) is 18.9. The summed E-state index contributed by atoms with van der Waals surface area (Å²) >= 11 is 0. The van der Waals surface area contributed by atoms with Crippen LogP contribution in [-0.4, -0.2) is 82.2 Å². The highest BCUT2D eigenvalue weighted by molar-refractivity contribution is 5.73.